The summed E-state index contributed by atoms with van der Waals surface area (Å²) in [5.74, 6) is 0.422. The Balaban J connectivity index is 1.49. The number of nitrogens with one attached hydrogen (secondary N) is 1. The van der Waals surface area contributed by atoms with Gasteiger partial charge in [0.05, 0.1) is 5.52 Å². The van der Waals surface area contributed by atoms with Crippen LogP contribution in [0.3, 0.4) is 0 Å². The van der Waals surface area contributed by atoms with Crippen LogP contribution in [0.4, 0.5) is 5.95 Å². The number of halogens is 1. The van der Waals surface area contributed by atoms with Gasteiger partial charge in [-0.25, -0.2) is 4.98 Å². The lowest BCUT2D eigenvalue weighted by Crippen LogP contribution is -2.39. The molecule has 3 aromatic rings. The van der Waals surface area contributed by atoms with E-state index in [0.717, 1.165) is 31.5 Å². The van der Waals surface area contributed by atoms with Crippen molar-refractivity contribution < 1.29 is 4.79 Å². The molecule has 152 valence electrons. The average molecular weight is 431 g/mol. The van der Waals surface area contributed by atoms with E-state index in [1.807, 2.05) is 35.7 Å². The molecule has 1 N–H and O–H groups in total. The SMILES string of the molecule is O=C(Cn1c(N2CCCCC2)nc2ccsc2c1=O)NCCc1ccc(Cl)cc1. The summed E-state index contributed by atoms with van der Waals surface area (Å²) in [5.41, 5.74) is 1.67. The first-order chi connectivity index (χ1) is 14.1. The fourth-order valence-electron chi connectivity index (χ4n) is 3.61. The Hall–Kier alpha value is -2.38. The summed E-state index contributed by atoms with van der Waals surface area (Å²) in [6, 6.07) is 9.44. The number of piperidine rings is 1. The van der Waals surface area contributed by atoms with Gasteiger partial charge in [-0.15, -0.1) is 11.3 Å². The molecule has 0 unspecified atom stereocenters. The topological polar surface area (TPSA) is 67.2 Å². The van der Waals surface area contributed by atoms with Gasteiger partial charge in [0.25, 0.3) is 5.56 Å². The summed E-state index contributed by atoms with van der Waals surface area (Å²) in [7, 11) is 0. The number of fused-ring (bicyclic) bond motifs is 1. The normalized spacial score (nSPS) is 14.3. The molecular formula is C21H23ClN4O2S. The van der Waals surface area contributed by atoms with Gasteiger partial charge >= 0.3 is 0 Å². The van der Waals surface area contributed by atoms with Crippen LogP contribution in [-0.4, -0.2) is 35.1 Å². The molecule has 0 bridgehead atoms. The maximum Gasteiger partial charge on any atom is 0.273 e. The van der Waals surface area contributed by atoms with Crippen molar-refractivity contribution in [2.75, 3.05) is 24.5 Å². The molecule has 3 heterocycles. The van der Waals surface area contributed by atoms with Crippen LogP contribution >= 0.6 is 22.9 Å². The second-order valence-electron chi connectivity index (χ2n) is 7.21. The minimum absolute atomic E-state index is 0.0217. The number of thiophene rings is 1. The minimum Gasteiger partial charge on any atom is -0.354 e. The van der Waals surface area contributed by atoms with Crippen LogP contribution in [-0.2, 0) is 17.8 Å². The Morgan fingerprint density at radius 1 is 1.14 bits per heavy atom. The first-order valence-electron chi connectivity index (χ1n) is 9.86. The van der Waals surface area contributed by atoms with Crippen molar-refractivity contribution in [2.24, 2.45) is 0 Å². The summed E-state index contributed by atoms with van der Waals surface area (Å²) < 4.78 is 2.13. The molecule has 0 radical (unpaired) electrons. The number of aromatic nitrogens is 2. The highest BCUT2D eigenvalue weighted by Crippen LogP contribution is 2.22. The van der Waals surface area contributed by atoms with E-state index in [4.69, 9.17) is 16.6 Å². The molecule has 0 saturated carbocycles. The molecule has 0 atom stereocenters. The summed E-state index contributed by atoms with van der Waals surface area (Å²) in [4.78, 5) is 32.5. The van der Waals surface area contributed by atoms with Crippen molar-refractivity contribution in [2.45, 2.75) is 32.2 Å². The monoisotopic (exact) mass is 430 g/mol. The summed E-state index contributed by atoms with van der Waals surface area (Å²) in [6.45, 7) is 2.20. The number of carbonyl (C=O) groups excluding carboxylic acids is 1. The highest BCUT2D eigenvalue weighted by molar-refractivity contribution is 7.17. The van der Waals surface area contributed by atoms with E-state index in [-0.39, 0.29) is 18.0 Å². The zero-order valence-corrected chi connectivity index (χ0v) is 17.6. The lowest BCUT2D eigenvalue weighted by Gasteiger charge is -2.29. The van der Waals surface area contributed by atoms with Crippen LogP contribution in [0.1, 0.15) is 24.8 Å². The third-order valence-electron chi connectivity index (χ3n) is 5.14. The molecule has 6 nitrogen and oxygen atoms in total. The molecule has 1 saturated heterocycles. The first-order valence-corrected chi connectivity index (χ1v) is 11.1. The Labute approximate surface area is 178 Å². The fraction of sp³-hybridized carbons (Fsp3) is 0.381. The lowest BCUT2D eigenvalue weighted by molar-refractivity contribution is -0.121. The maximum atomic E-state index is 13.0. The van der Waals surface area contributed by atoms with Crippen molar-refractivity contribution in [3.8, 4) is 0 Å². The highest BCUT2D eigenvalue weighted by Gasteiger charge is 2.21. The average Bonchev–Trinajstić information content (AvgIpc) is 3.21. The summed E-state index contributed by atoms with van der Waals surface area (Å²) in [6.07, 6.45) is 4.04. The van der Waals surface area contributed by atoms with E-state index in [1.165, 1.54) is 22.3 Å². The standard InChI is InChI=1S/C21H23ClN4O2S/c22-16-6-4-15(5-7-16)8-10-23-18(27)14-26-20(28)19-17(9-13-29-19)24-21(26)25-11-2-1-3-12-25/h4-7,9,13H,1-3,8,10-12,14H2,(H,23,27). The predicted octanol–water partition coefficient (Wildman–Crippen LogP) is 3.46. The van der Waals surface area contributed by atoms with Crippen LogP contribution in [0.2, 0.25) is 5.02 Å². The third-order valence-corrected chi connectivity index (χ3v) is 6.28. The maximum absolute atomic E-state index is 13.0. The van der Waals surface area contributed by atoms with Crippen LogP contribution < -0.4 is 15.8 Å². The molecule has 1 aromatic carbocycles. The van der Waals surface area contributed by atoms with Gasteiger partial charge in [-0.2, -0.15) is 0 Å². The number of hydrogen-bond acceptors (Lipinski definition) is 5. The fourth-order valence-corrected chi connectivity index (χ4v) is 4.51. The molecule has 29 heavy (non-hydrogen) atoms. The van der Waals surface area contributed by atoms with Gasteiger partial charge in [0.15, 0.2) is 0 Å². The predicted molar refractivity (Wildman–Crippen MR) is 118 cm³/mol. The van der Waals surface area contributed by atoms with Crippen molar-refractivity contribution in [1.82, 2.24) is 14.9 Å². The first kappa shape index (κ1) is 19.9. The van der Waals surface area contributed by atoms with E-state index < -0.39 is 0 Å². The van der Waals surface area contributed by atoms with Gasteiger partial charge in [0.1, 0.15) is 11.2 Å². The number of rotatable bonds is 6. The van der Waals surface area contributed by atoms with Crippen molar-refractivity contribution in [3.63, 3.8) is 0 Å². The van der Waals surface area contributed by atoms with E-state index in [1.54, 1.807) is 0 Å². The summed E-state index contributed by atoms with van der Waals surface area (Å²) >= 11 is 7.27. The molecular weight excluding hydrogens is 408 g/mol. The molecule has 8 heteroatoms. The molecule has 0 aliphatic carbocycles. The smallest absolute Gasteiger partial charge is 0.273 e. The van der Waals surface area contributed by atoms with Crippen molar-refractivity contribution in [3.05, 3.63) is 56.7 Å². The molecule has 1 aliphatic rings. The number of carbonyl (C=O) groups is 1. The number of nitrogens with zero attached hydrogens (tertiary/aromatic N) is 3. The van der Waals surface area contributed by atoms with Crippen LogP contribution in [0.5, 0.6) is 0 Å². The number of benzene rings is 1. The molecule has 1 aliphatic heterocycles. The van der Waals surface area contributed by atoms with Gasteiger partial charge in [0.2, 0.25) is 11.9 Å². The van der Waals surface area contributed by atoms with E-state index >= 15 is 0 Å². The van der Waals surface area contributed by atoms with Gasteiger partial charge in [-0.1, -0.05) is 23.7 Å². The largest absolute Gasteiger partial charge is 0.354 e. The lowest BCUT2D eigenvalue weighted by atomic mass is 10.1. The zero-order valence-electron chi connectivity index (χ0n) is 16.1. The minimum atomic E-state index is -0.183. The number of anilines is 1. The summed E-state index contributed by atoms with van der Waals surface area (Å²) in [5, 5.41) is 5.48. The molecule has 1 fully saturated rings. The second kappa shape index (κ2) is 8.97. The number of hydrogen-bond donors (Lipinski definition) is 1. The Morgan fingerprint density at radius 2 is 1.90 bits per heavy atom. The second-order valence-corrected chi connectivity index (χ2v) is 8.56. The zero-order chi connectivity index (χ0) is 20.2. The van der Waals surface area contributed by atoms with Gasteiger partial charge < -0.3 is 10.2 Å². The molecule has 4 rings (SSSR count). The van der Waals surface area contributed by atoms with E-state index in [0.29, 0.717) is 34.2 Å². The molecule has 0 spiro atoms. The molecule has 1 amide bonds. The third kappa shape index (κ3) is 4.62. The van der Waals surface area contributed by atoms with Crippen LogP contribution in [0, 0.1) is 0 Å². The van der Waals surface area contributed by atoms with Crippen molar-refractivity contribution in [1.29, 1.82) is 0 Å². The van der Waals surface area contributed by atoms with Crippen LogP contribution in [0.15, 0.2) is 40.5 Å². The quantitative estimate of drug-likeness (QED) is 0.650. The Morgan fingerprint density at radius 3 is 2.66 bits per heavy atom. The van der Waals surface area contributed by atoms with Crippen LogP contribution in [0.25, 0.3) is 10.2 Å². The highest BCUT2D eigenvalue weighted by atomic mass is 35.5. The van der Waals surface area contributed by atoms with E-state index in [2.05, 4.69) is 10.2 Å². The Kier molecular flexibility index (Phi) is 6.16. The van der Waals surface area contributed by atoms with Crippen molar-refractivity contribution >= 4 is 45.0 Å². The van der Waals surface area contributed by atoms with E-state index in [9.17, 15) is 9.59 Å². The van der Waals surface area contributed by atoms with Gasteiger partial charge in [-0.05, 0) is 54.8 Å². The molecule has 2 aromatic heterocycles. The Bertz CT molecular complexity index is 1050. The van der Waals surface area contributed by atoms with Gasteiger partial charge in [-0.3, -0.25) is 14.2 Å². The van der Waals surface area contributed by atoms with Gasteiger partial charge in [0, 0.05) is 24.7 Å². The number of amides is 1.